The number of rotatable bonds is 4. The number of aliphatic hydroxyl groups is 5. The van der Waals surface area contributed by atoms with Crippen molar-refractivity contribution in [1.82, 2.24) is 4.90 Å². The van der Waals surface area contributed by atoms with Gasteiger partial charge in [0.2, 0.25) is 0 Å². The zero-order valence-electron chi connectivity index (χ0n) is 18.6. The van der Waals surface area contributed by atoms with Crippen molar-refractivity contribution >= 4 is 0 Å². The molecule has 6 rings (SSSR count). The molecular formula is C23H37NO7. The first kappa shape index (κ1) is 21.2. The number of likely N-dealkylation sites (N-methyl/N-ethyl adjacent to an activating group) is 1. The lowest BCUT2D eigenvalue weighted by molar-refractivity contribution is -0.316. The second-order valence-electron chi connectivity index (χ2n) is 11.5. The van der Waals surface area contributed by atoms with Crippen LogP contribution in [0.1, 0.15) is 32.6 Å². The van der Waals surface area contributed by atoms with Crippen LogP contribution in [0.4, 0.5) is 0 Å². The van der Waals surface area contributed by atoms with Crippen LogP contribution in [-0.4, -0.2) is 106 Å². The first-order valence-electron chi connectivity index (χ1n) is 11.9. The third-order valence-electron chi connectivity index (χ3n) is 11.0. The third-order valence-corrected chi connectivity index (χ3v) is 11.0. The molecule has 0 radical (unpaired) electrons. The monoisotopic (exact) mass is 439 g/mol. The summed E-state index contributed by atoms with van der Waals surface area (Å²) < 4.78 is 11.4. The molecule has 0 aromatic rings. The van der Waals surface area contributed by atoms with Gasteiger partial charge in [-0.25, -0.2) is 0 Å². The number of ether oxygens (including phenoxy) is 2. The van der Waals surface area contributed by atoms with E-state index in [4.69, 9.17) is 9.47 Å². The van der Waals surface area contributed by atoms with Crippen molar-refractivity contribution in [1.29, 1.82) is 0 Å². The van der Waals surface area contributed by atoms with Crippen LogP contribution in [0.25, 0.3) is 0 Å². The number of likely N-dealkylation sites (tertiary alicyclic amines) is 1. The second-order valence-corrected chi connectivity index (χ2v) is 11.5. The van der Waals surface area contributed by atoms with Gasteiger partial charge in [0.1, 0.15) is 11.2 Å². The Labute approximate surface area is 183 Å². The fraction of sp³-hybridized carbons (Fsp3) is 1.00. The Balaban J connectivity index is 1.65. The van der Waals surface area contributed by atoms with Gasteiger partial charge < -0.3 is 35.0 Å². The Bertz CT molecular complexity index is 783. The zero-order valence-corrected chi connectivity index (χ0v) is 18.6. The van der Waals surface area contributed by atoms with Gasteiger partial charge in [-0.3, -0.25) is 4.90 Å². The Kier molecular flexibility index (Phi) is 4.26. The lowest BCUT2D eigenvalue weighted by atomic mass is 9.42. The first-order chi connectivity index (χ1) is 14.7. The molecule has 13 atom stereocenters. The molecule has 176 valence electrons. The fourth-order valence-electron chi connectivity index (χ4n) is 10.4. The predicted octanol–water partition coefficient (Wildman–Crippen LogP) is -1.04. The maximum atomic E-state index is 12.5. The summed E-state index contributed by atoms with van der Waals surface area (Å²) in [6.45, 7) is 3.77. The highest BCUT2D eigenvalue weighted by atomic mass is 16.5. The van der Waals surface area contributed by atoms with E-state index in [1.54, 1.807) is 14.2 Å². The highest BCUT2D eigenvalue weighted by Crippen LogP contribution is 2.79. The van der Waals surface area contributed by atoms with Crippen LogP contribution >= 0.6 is 0 Å². The van der Waals surface area contributed by atoms with Gasteiger partial charge in [0.05, 0.1) is 37.1 Å². The topological polar surface area (TPSA) is 123 Å². The van der Waals surface area contributed by atoms with Crippen LogP contribution in [0.5, 0.6) is 0 Å². The van der Waals surface area contributed by atoms with Gasteiger partial charge >= 0.3 is 0 Å². The van der Waals surface area contributed by atoms with Crippen LogP contribution in [0.3, 0.4) is 0 Å². The Morgan fingerprint density at radius 2 is 1.87 bits per heavy atom. The van der Waals surface area contributed by atoms with E-state index in [0.29, 0.717) is 39.0 Å². The van der Waals surface area contributed by atoms with E-state index < -0.39 is 64.3 Å². The summed E-state index contributed by atoms with van der Waals surface area (Å²) in [4.78, 5) is 2.18. The molecule has 1 saturated heterocycles. The van der Waals surface area contributed by atoms with E-state index in [2.05, 4.69) is 4.90 Å². The SMILES string of the molecule is CCN1C[C@]2(COC)CC[C@H](O)[C@@]34[C@@H]5C[C@H]6[C@@H](O)[C@@H]5[C@](O)(C[C@@H]6OC)[C@@](O)([C@@H](O)[C@H]23)[C@@H]14. The standard InChI is InChI=1S/C23H37NO7/c1-4-24-9-20(10-30-2)6-5-14(25)22-12-7-11-13(31-3)8-21(28,15(12)16(11)26)23(29,19(22)24)18(27)17(20)22/h11-19,25-29H,4-10H2,1-3H3/t11-,12-,13+,14+,15-,16-,17-,18+,19+,20+,21-,22+,23-/m1/s1. The number of piperidine rings is 1. The molecule has 0 aromatic carbocycles. The molecule has 5 saturated carbocycles. The summed E-state index contributed by atoms with van der Waals surface area (Å²) in [5, 5.41) is 59.6. The second kappa shape index (κ2) is 6.21. The van der Waals surface area contributed by atoms with Crippen molar-refractivity contribution in [3.05, 3.63) is 0 Å². The summed E-state index contributed by atoms with van der Waals surface area (Å²) in [5.41, 5.74) is -4.76. The van der Waals surface area contributed by atoms with Crippen molar-refractivity contribution in [3.63, 3.8) is 0 Å². The maximum Gasteiger partial charge on any atom is 0.136 e. The molecule has 1 spiro atoms. The molecular weight excluding hydrogens is 402 g/mol. The largest absolute Gasteiger partial charge is 0.392 e. The van der Waals surface area contributed by atoms with Crippen LogP contribution in [0, 0.1) is 34.5 Å². The number of methoxy groups -OCH3 is 2. The van der Waals surface area contributed by atoms with Crippen LogP contribution in [0.2, 0.25) is 0 Å². The number of nitrogens with zero attached hydrogens (tertiary/aromatic N) is 1. The number of aliphatic hydroxyl groups excluding tert-OH is 3. The van der Waals surface area contributed by atoms with Crippen molar-refractivity contribution in [2.75, 3.05) is 33.9 Å². The van der Waals surface area contributed by atoms with Crippen LogP contribution < -0.4 is 0 Å². The van der Waals surface area contributed by atoms with Gasteiger partial charge in [0.15, 0.2) is 0 Å². The summed E-state index contributed by atoms with van der Waals surface area (Å²) in [6, 6.07) is -0.571. The van der Waals surface area contributed by atoms with E-state index >= 15 is 0 Å². The first-order valence-corrected chi connectivity index (χ1v) is 11.9. The summed E-state index contributed by atoms with van der Waals surface area (Å²) in [6.07, 6.45) is -1.06. The molecule has 5 N–H and O–H groups in total. The normalized spacial score (nSPS) is 64.1. The van der Waals surface area contributed by atoms with Gasteiger partial charge in [-0.1, -0.05) is 6.92 Å². The quantitative estimate of drug-likeness (QED) is 0.377. The van der Waals surface area contributed by atoms with E-state index in [1.165, 1.54) is 0 Å². The Morgan fingerprint density at radius 3 is 2.52 bits per heavy atom. The molecule has 0 unspecified atom stereocenters. The summed E-state index contributed by atoms with van der Waals surface area (Å²) in [5.74, 6) is -1.33. The predicted molar refractivity (Wildman–Crippen MR) is 109 cm³/mol. The van der Waals surface area contributed by atoms with Crippen LogP contribution in [-0.2, 0) is 9.47 Å². The molecule has 6 fully saturated rings. The van der Waals surface area contributed by atoms with Crippen molar-refractivity contribution in [3.8, 4) is 0 Å². The molecule has 8 heteroatoms. The molecule has 31 heavy (non-hydrogen) atoms. The molecule has 1 aliphatic heterocycles. The van der Waals surface area contributed by atoms with Crippen LogP contribution in [0.15, 0.2) is 0 Å². The van der Waals surface area contributed by atoms with Gasteiger partial charge in [-0.15, -0.1) is 0 Å². The van der Waals surface area contributed by atoms with E-state index in [0.717, 1.165) is 0 Å². The molecule has 0 aromatic heterocycles. The minimum Gasteiger partial charge on any atom is -0.392 e. The van der Waals surface area contributed by atoms with Crippen molar-refractivity contribution < 1.29 is 35.0 Å². The lowest BCUT2D eigenvalue weighted by Crippen LogP contribution is -2.81. The van der Waals surface area contributed by atoms with Gasteiger partial charge in [-0.2, -0.15) is 0 Å². The minimum atomic E-state index is -1.86. The van der Waals surface area contributed by atoms with Crippen molar-refractivity contribution in [2.24, 2.45) is 34.5 Å². The fourth-order valence-corrected chi connectivity index (χ4v) is 10.4. The van der Waals surface area contributed by atoms with Gasteiger partial charge in [0, 0.05) is 55.8 Å². The molecule has 5 aliphatic carbocycles. The number of hydrogen-bond acceptors (Lipinski definition) is 8. The summed E-state index contributed by atoms with van der Waals surface area (Å²) in [7, 11) is 3.24. The van der Waals surface area contributed by atoms with Crippen molar-refractivity contribution in [2.45, 2.75) is 74.3 Å². The summed E-state index contributed by atoms with van der Waals surface area (Å²) >= 11 is 0. The Hall–Kier alpha value is -0.320. The molecule has 1 heterocycles. The smallest absolute Gasteiger partial charge is 0.136 e. The molecule has 7 bridgehead atoms. The number of hydrogen-bond donors (Lipinski definition) is 5. The highest BCUT2D eigenvalue weighted by molar-refractivity contribution is 5.41. The highest BCUT2D eigenvalue weighted by Gasteiger charge is 2.90. The van der Waals surface area contributed by atoms with Gasteiger partial charge in [0.25, 0.3) is 0 Å². The average molecular weight is 440 g/mol. The molecule has 8 nitrogen and oxygen atoms in total. The van der Waals surface area contributed by atoms with E-state index in [1.807, 2.05) is 6.92 Å². The number of fused-ring (bicyclic) bond motifs is 2. The van der Waals surface area contributed by atoms with E-state index in [-0.39, 0.29) is 18.3 Å². The average Bonchev–Trinajstić information content (AvgIpc) is 3.10. The third kappa shape index (κ3) is 1.93. The van der Waals surface area contributed by atoms with E-state index in [9.17, 15) is 25.5 Å². The molecule has 0 amide bonds. The minimum absolute atomic E-state index is 0.142. The molecule has 6 aliphatic rings. The Morgan fingerprint density at radius 1 is 1.13 bits per heavy atom. The van der Waals surface area contributed by atoms with Gasteiger partial charge in [-0.05, 0) is 31.7 Å². The lowest BCUT2D eigenvalue weighted by Gasteiger charge is -2.69. The maximum absolute atomic E-state index is 12.5. The zero-order chi connectivity index (χ0) is 22.1.